The van der Waals surface area contributed by atoms with E-state index in [4.69, 9.17) is 18.9 Å². The predicted octanol–water partition coefficient (Wildman–Crippen LogP) is 5.28. The molecule has 0 aliphatic carbocycles. The smallest absolute Gasteiger partial charge is 0.408 e. The molecule has 0 aromatic heterocycles. The van der Waals surface area contributed by atoms with Gasteiger partial charge < -0.3 is 29.4 Å². The molecule has 0 bridgehead atoms. The Balaban J connectivity index is 0.995. The topological polar surface area (TPSA) is 127 Å². The standard InChI is InChI=1S/C41H43N3O8/c45-26-28-9-11-32(12-10-28)37-22-35(25-43-17-19-49-20-18-43)51-40(52-37)33-15-13-31(14-16-33)34-8-4-7-30(21-34)24-44-38(46)23-36(39(44)47)42-41(48)50-27-29-5-2-1-3-6-29/h1-16,21,35-37,40,45H,17-20,22-27H2,(H,42,48)/t35-,36?,37+,40+/m1/s1. The van der Waals surface area contributed by atoms with E-state index in [1.807, 2.05) is 103 Å². The molecule has 11 nitrogen and oxygen atoms in total. The normalized spacial score (nSPS) is 22.4. The van der Waals surface area contributed by atoms with Crippen molar-refractivity contribution in [3.63, 3.8) is 0 Å². The average molecular weight is 706 g/mol. The van der Waals surface area contributed by atoms with E-state index < -0.39 is 24.3 Å². The molecule has 0 radical (unpaired) electrons. The number of rotatable bonds is 11. The molecule has 4 atom stereocenters. The van der Waals surface area contributed by atoms with Crippen LogP contribution in [0.15, 0.2) is 103 Å². The number of hydrogen-bond donors (Lipinski definition) is 2. The molecule has 0 spiro atoms. The Kier molecular flexibility index (Phi) is 11.3. The van der Waals surface area contributed by atoms with Crippen molar-refractivity contribution in [1.82, 2.24) is 15.1 Å². The van der Waals surface area contributed by atoms with Gasteiger partial charge in [0.2, 0.25) is 5.91 Å². The fraction of sp³-hybridized carbons (Fsp3) is 0.341. The first-order chi connectivity index (χ1) is 25.4. The third-order valence-electron chi connectivity index (χ3n) is 9.71. The number of nitrogens with zero attached hydrogens (tertiary/aromatic N) is 2. The van der Waals surface area contributed by atoms with E-state index in [1.54, 1.807) is 0 Å². The molecule has 2 N–H and O–H groups in total. The molecule has 3 amide bonds. The van der Waals surface area contributed by atoms with Crippen LogP contribution in [-0.2, 0) is 48.3 Å². The van der Waals surface area contributed by atoms with Crippen LogP contribution < -0.4 is 5.32 Å². The number of nitrogens with one attached hydrogen (secondary N) is 1. The summed E-state index contributed by atoms with van der Waals surface area (Å²) in [6.07, 6.45) is -0.915. The summed E-state index contributed by atoms with van der Waals surface area (Å²) in [5.41, 5.74) is 6.30. The van der Waals surface area contributed by atoms with Gasteiger partial charge in [-0.25, -0.2) is 4.79 Å². The Hall–Kier alpha value is -4.91. The zero-order chi connectivity index (χ0) is 35.9. The van der Waals surface area contributed by atoms with Gasteiger partial charge in [-0.3, -0.25) is 19.4 Å². The van der Waals surface area contributed by atoms with Crippen LogP contribution >= 0.6 is 0 Å². The zero-order valence-electron chi connectivity index (χ0n) is 28.9. The van der Waals surface area contributed by atoms with Crippen molar-refractivity contribution in [3.05, 3.63) is 131 Å². The molecule has 1 unspecified atom stereocenters. The Bertz CT molecular complexity index is 1830. The van der Waals surface area contributed by atoms with E-state index in [9.17, 15) is 19.5 Å². The molecule has 0 saturated carbocycles. The van der Waals surface area contributed by atoms with Crippen molar-refractivity contribution in [1.29, 1.82) is 0 Å². The molecule has 4 aromatic rings. The van der Waals surface area contributed by atoms with E-state index in [2.05, 4.69) is 10.2 Å². The SMILES string of the molecule is O=C(NC1CC(=O)N(Cc2cccc(-c3ccc([C@H]4O[C@@H](CN5CCOCC5)C[C@@H](c5ccc(CO)cc5)O4)cc3)c2)C1=O)OCc1ccccc1. The summed E-state index contributed by atoms with van der Waals surface area (Å²) in [6, 6.07) is 31.9. The van der Waals surface area contributed by atoms with Gasteiger partial charge in [-0.15, -0.1) is 0 Å². The van der Waals surface area contributed by atoms with E-state index in [0.717, 1.165) is 71.8 Å². The van der Waals surface area contributed by atoms with Gasteiger partial charge in [0.25, 0.3) is 5.91 Å². The Morgan fingerprint density at radius 1 is 0.808 bits per heavy atom. The first-order valence-electron chi connectivity index (χ1n) is 17.7. The number of benzene rings is 4. The average Bonchev–Trinajstić information content (AvgIpc) is 3.45. The van der Waals surface area contributed by atoms with Crippen LogP contribution in [0.25, 0.3) is 11.1 Å². The minimum Gasteiger partial charge on any atom is -0.445 e. The fourth-order valence-electron chi connectivity index (χ4n) is 6.84. The highest BCUT2D eigenvalue weighted by Gasteiger charge is 2.40. The summed E-state index contributed by atoms with van der Waals surface area (Å²) in [5.74, 6) is -0.811. The maximum absolute atomic E-state index is 13.1. The number of imide groups is 1. The van der Waals surface area contributed by atoms with Crippen molar-refractivity contribution >= 4 is 17.9 Å². The summed E-state index contributed by atoms with van der Waals surface area (Å²) >= 11 is 0. The zero-order valence-corrected chi connectivity index (χ0v) is 28.9. The number of aliphatic hydroxyl groups excluding tert-OH is 1. The number of amides is 3. The maximum Gasteiger partial charge on any atom is 0.408 e. The highest BCUT2D eigenvalue weighted by atomic mass is 16.7. The second-order valence-electron chi connectivity index (χ2n) is 13.4. The monoisotopic (exact) mass is 705 g/mol. The lowest BCUT2D eigenvalue weighted by Crippen LogP contribution is -2.44. The number of ether oxygens (including phenoxy) is 4. The molecule has 52 heavy (non-hydrogen) atoms. The number of likely N-dealkylation sites (tertiary alicyclic amines) is 1. The summed E-state index contributed by atoms with van der Waals surface area (Å²) in [6.45, 7) is 4.12. The molecule has 11 heteroatoms. The van der Waals surface area contributed by atoms with Gasteiger partial charge in [-0.2, -0.15) is 0 Å². The molecule has 7 rings (SSSR count). The first kappa shape index (κ1) is 35.5. The maximum atomic E-state index is 13.1. The lowest BCUT2D eigenvalue weighted by Gasteiger charge is -2.39. The van der Waals surface area contributed by atoms with Gasteiger partial charge in [-0.05, 0) is 39.4 Å². The second-order valence-corrected chi connectivity index (χ2v) is 13.4. The molecular formula is C41H43N3O8. The molecule has 3 aliphatic heterocycles. The van der Waals surface area contributed by atoms with Crippen LogP contribution in [0.5, 0.6) is 0 Å². The fourth-order valence-corrected chi connectivity index (χ4v) is 6.84. The molecule has 3 fully saturated rings. The van der Waals surface area contributed by atoms with Crippen molar-refractivity contribution in [3.8, 4) is 11.1 Å². The number of alkyl carbamates (subject to hydrolysis) is 1. The lowest BCUT2D eigenvalue weighted by molar-refractivity contribution is -0.253. The first-order valence-corrected chi connectivity index (χ1v) is 17.7. The van der Waals surface area contributed by atoms with Gasteiger partial charge in [0, 0.05) is 31.6 Å². The van der Waals surface area contributed by atoms with E-state index in [0.29, 0.717) is 6.42 Å². The van der Waals surface area contributed by atoms with Crippen LogP contribution in [0.1, 0.15) is 53.1 Å². The van der Waals surface area contributed by atoms with Gasteiger partial charge in [0.1, 0.15) is 12.6 Å². The van der Waals surface area contributed by atoms with Crippen molar-refractivity contribution in [2.45, 2.75) is 57.1 Å². The number of morpholine rings is 1. The van der Waals surface area contributed by atoms with Crippen LogP contribution in [0.3, 0.4) is 0 Å². The van der Waals surface area contributed by atoms with Gasteiger partial charge in [0.05, 0.1) is 45.0 Å². The molecule has 4 aromatic carbocycles. The van der Waals surface area contributed by atoms with Crippen molar-refractivity contribution in [2.75, 3.05) is 32.8 Å². The molecular weight excluding hydrogens is 662 g/mol. The summed E-state index contributed by atoms with van der Waals surface area (Å²) in [5, 5.41) is 12.1. The Morgan fingerprint density at radius 3 is 2.29 bits per heavy atom. The van der Waals surface area contributed by atoms with Crippen molar-refractivity contribution < 1.29 is 38.4 Å². The molecule has 270 valence electrons. The van der Waals surface area contributed by atoms with Gasteiger partial charge in [-0.1, -0.05) is 97.1 Å². The van der Waals surface area contributed by atoms with Gasteiger partial charge >= 0.3 is 6.09 Å². The largest absolute Gasteiger partial charge is 0.445 e. The third-order valence-corrected chi connectivity index (χ3v) is 9.71. The third kappa shape index (κ3) is 8.75. The molecule has 3 heterocycles. The molecule has 3 saturated heterocycles. The number of carbonyl (C=O) groups excluding carboxylic acids is 3. The Morgan fingerprint density at radius 2 is 1.54 bits per heavy atom. The van der Waals surface area contributed by atoms with E-state index in [1.165, 1.54) is 4.90 Å². The second kappa shape index (κ2) is 16.6. The minimum atomic E-state index is -0.969. The van der Waals surface area contributed by atoms with Crippen molar-refractivity contribution in [2.24, 2.45) is 0 Å². The molecule has 3 aliphatic rings. The number of carbonyl (C=O) groups is 3. The Labute approximate surface area is 303 Å². The lowest BCUT2D eigenvalue weighted by atomic mass is 9.99. The number of hydrogen-bond acceptors (Lipinski definition) is 9. The highest BCUT2D eigenvalue weighted by Crippen LogP contribution is 2.39. The quantitative estimate of drug-likeness (QED) is 0.201. The van der Waals surface area contributed by atoms with Crippen LogP contribution in [-0.4, -0.2) is 77.8 Å². The summed E-state index contributed by atoms with van der Waals surface area (Å²) in [4.78, 5) is 41.9. The van der Waals surface area contributed by atoms with Crippen LogP contribution in [0, 0.1) is 0 Å². The van der Waals surface area contributed by atoms with Gasteiger partial charge in [0.15, 0.2) is 6.29 Å². The van der Waals surface area contributed by atoms with E-state index >= 15 is 0 Å². The minimum absolute atomic E-state index is 0.00713. The number of aliphatic hydroxyl groups is 1. The van der Waals surface area contributed by atoms with Crippen LogP contribution in [0.4, 0.5) is 4.79 Å². The summed E-state index contributed by atoms with van der Waals surface area (Å²) < 4.78 is 23.9. The van der Waals surface area contributed by atoms with E-state index in [-0.39, 0.29) is 44.3 Å². The highest BCUT2D eigenvalue weighted by molar-refractivity contribution is 6.06. The van der Waals surface area contributed by atoms with Crippen LogP contribution in [0.2, 0.25) is 0 Å². The summed E-state index contributed by atoms with van der Waals surface area (Å²) in [7, 11) is 0. The predicted molar refractivity (Wildman–Crippen MR) is 191 cm³/mol.